The number of fused-ring (bicyclic) bond motifs is 1. The fraction of sp³-hybridized carbons (Fsp3) is 0.250. The van der Waals surface area contributed by atoms with Gasteiger partial charge in [0.05, 0.1) is 19.0 Å². The number of aromatic nitrogens is 2. The van der Waals surface area contributed by atoms with Crippen molar-refractivity contribution in [2.75, 3.05) is 20.7 Å². The number of halogens is 1. The van der Waals surface area contributed by atoms with Crippen LogP contribution in [0.4, 0.5) is 4.39 Å². The van der Waals surface area contributed by atoms with Gasteiger partial charge in [-0.25, -0.2) is 4.39 Å². The summed E-state index contributed by atoms with van der Waals surface area (Å²) in [5.74, 6) is -1.20. The van der Waals surface area contributed by atoms with Crippen molar-refractivity contribution < 1.29 is 19.0 Å². The molecule has 0 saturated carbocycles. The van der Waals surface area contributed by atoms with E-state index >= 15 is 0 Å². The molecule has 0 aliphatic carbocycles. The Morgan fingerprint density at radius 1 is 1.36 bits per heavy atom. The normalized spacial score (nSPS) is 11.2. The zero-order chi connectivity index (χ0) is 20.4. The molecular weight excluding hydrogens is 365 g/mol. The molecule has 0 fully saturated rings. The molecule has 0 atom stereocenters. The maximum atomic E-state index is 14.9. The highest BCUT2D eigenvalue weighted by Crippen LogP contribution is 2.33. The van der Waals surface area contributed by atoms with Crippen LogP contribution in [0.2, 0.25) is 0 Å². The SMILES string of the molecule is COc1cc(-c2cn(C)c(=O)c3cnccc23)cc(F)c1CN(C)CC(=O)O. The monoisotopic (exact) mass is 385 g/mol. The highest BCUT2D eigenvalue weighted by Gasteiger charge is 2.18. The first-order chi connectivity index (χ1) is 13.3. The molecule has 8 heteroatoms. The fourth-order valence-electron chi connectivity index (χ4n) is 3.20. The number of hydrogen-bond donors (Lipinski definition) is 1. The van der Waals surface area contributed by atoms with Crippen molar-refractivity contribution in [3.05, 3.63) is 58.5 Å². The van der Waals surface area contributed by atoms with Gasteiger partial charge < -0.3 is 14.4 Å². The van der Waals surface area contributed by atoms with Gasteiger partial charge in [0.1, 0.15) is 11.6 Å². The third-order valence-electron chi connectivity index (χ3n) is 4.50. The minimum atomic E-state index is -0.997. The van der Waals surface area contributed by atoms with Gasteiger partial charge in [0.25, 0.3) is 5.56 Å². The number of methoxy groups -OCH3 is 1. The third kappa shape index (κ3) is 3.72. The number of aliphatic carboxylic acids is 1. The summed E-state index contributed by atoms with van der Waals surface area (Å²) in [6.45, 7) is -0.137. The average molecular weight is 385 g/mol. The summed E-state index contributed by atoms with van der Waals surface area (Å²) in [4.78, 5) is 28.7. The number of likely N-dealkylation sites (N-methyl/N-ethyl adjacent to an activating group) is 1. The molecule has 2 aromatic heterocycles. The number of pyridine rings is 2. The molecule has 1 aromatic carbocycles. The van der Waals surface area contributed by atoms with E-state index in [-0.39, 0.29) is 24.2 Å². The van der Waals surface area contributed by atoms with Crippen LogP contribution in [0.5, 0.6) is 5.75 Å². The lowest BCUT2D eigenvalue weighted by molar-refractivity contribution is -0.138. The molecule has 3 rings (SSSR count). The fourth-order valence-corrected chi connectivity index (χ4v) is 3.20. The molecule has 28 heavy (non-hydrogen) atoms. The van der Waals surface area contributed by atoms with Gasteiger partial charge in [-0.05, 0) is 36.2 Å². The van der Waals surface area contributed by atoms with E-state index < -0.39 is 11.8 Å². The van der Waals surface area contributed by atoms with Crippen molar-refractivity contribution in [1.82, 2.24) is 14.5 Å². The van der Waals surface area contributed by atoms with E-state index in [0.29, 0.717) is 27.6 Å². The molecule has 3 aromatic rings. The minimum Gasteiger partial charge on any atom is -0.496 e. The van der Waals surface area contributed by atoms with Gasteiger partial charge >= 0.3 is 5.97 Å². The number of carboxylic acids is 1. The lowest BCUT2D eigenvalue weighted by Crippen LogP contribution is -2.25. The zero-order valence-corrected chi connectivity index (χ0v) is 15.8. The molecule has 0 unspecified atom stereocenters. The molecule has 0 saturated heterocycles. The predicted octanol–water partition coefficient (Wildman–Crippen LogP) is 2.26. The van der Waals surface area contributed by atoms with Gasteiger partial charge in [-0.2, -0.15) is 0 Å². The van der Waals surface area contributed by atoms with Crippen molar-refractivity contribution in [1.29, 1.82) is 0 Å². The number of nitrogens with zero attached hydrogens (tertiary/aromatic N) is 3. The summed E-state index contributed by atoms with van der Waals surface area (Å²) in [6, 6.07) is 4.77. The van der Waals surface area contributed by atoms with E-state index in [0.717, 1.165) is 0 Å². The molecule has 0 amide bonds. The largest absolute Gasteiger partial charge is 0.496 e. The standard InChI is InChI=1S/C20H20FN3O4/c1-23(11-19(25)26)9-16-17(21)6-12(7-18(16)28-3)15-10-24(2)20(27)14-8-22-5-4-13(14)15/h4-8,10H,9,11H2,1-3H3,(H,25,26). The van der Waals surface area contributed by atoms with E-state index in [9.17, 15) is 14.0 Å². The second kappa shape index (κ2) is 7.77. The van der Waals surface area contributed by atoms with Gasteiger partial charge in [0.2, 0.25) is 0 Å². The Labute approximate surface area is 160 Å². The Bertz CT molecular complexity index is 1110. The highest BCUT2D eigenvalue weighted by molar-refractivity contribution is 5.95. The van der Waals surface area contributed by atoms with E-state index in [2.05, 4.69) is 4.98 Å². The van der Waals surface area contributed by atoms with Gasteiger partial charge in [-0.15, -0.1) is 0 Å². The quantitative estimate of drug-likeness (QED) is 0.701. The number of benzene rings is 1. The molecule has 1 N–H and O–H groups in total. The minimum absolute atomic E-state index is 0.0829. The Morgan fingerprint density at radius 2 is 2.11 bits per heavy atom. The summed E-state index contributed by atoms with van der Waals surface area (Å²) < 4.78 is 21.7. The van der Waals surface area contributed by atoms with Crippen LogP contribution in [0.25, 0.3) is 21.9 Å². The molecule has 7 nitrogen and oxygen atoms in total. The highest BCUT2D eigenvalue weighted by atomic mass is 19.1. The Balaban J connectivity index is 2.14. The number of rotatable bonds is 6. The maximum Gasteiger partial charge on any atom is 0.317 e. The molecule has 0 spiro atoms. The number of carbonyl (C=O) groups is 1. The smallest absolute Gasteiger partial charge is 0.317 e. The molecule has 146 valence electrons. The second-order valence-corrected chi connectivity index (χ2v) is 6.59. The topological polar surface area (TPSA) is 84.7 Å². The zero-order valence-electron chi connectivity index (χ0n) is 15.8. The van der Waals surface area contributed by atoms with Gasteiger partial charge in [-0.1, -0.05) is 0 Å². The lowest BCUT2D eigenvalue weighted by atomic mass is 9.99. The summed E-state index contributed by atoms with van der Waals surface area (Å²) in [6.07, 6.45) is 4.72. The number of carboxylic acid groups (broad SMARTS) is 1. The van der Waals surface area contributed by atoms with Crippen LogP contribution in [0.15, 0.2) is 41.6 Å². The molecule has 0 bridgehead atoms. The molecule has 0 aliphatic rings. The second-order valence-electron chi connectivity index (χ2n) is 6.59. The number of hydrogen-bond acceptors (Lipinski definition) is 5. The first-order valence-electron chi connectivity index (χ1n) is 8.52. The van der Waals surface area contributed by atoms with Crippen LogP contribution in [-0.2, 0) is 18.4 Å². The Kier molecular flexibility index (Phi) is 5.41. The van der Waals surface area contributed by atoms with E-state index in [1.165, 1.54) is 28.8 Å². The lowest BCUT2D eigenvalue weighted by Gasteiger charge is -2.18. The first kappa shape index (κ1) is 19.5. The summed E-state index contributed by atoms with van der Waals surface area (Å²) >= 11 is 0. The van der Waals surface area contributed by atoms with Crippen molar-refractivity contribution in [3.63, 3.8) is 0 Å². The predicted molar refractivity (Wildman–Crippen MR) is 103 cm³/mol. The van der Waals surface area contributed by atoms with Crippen LogP contribution < -0.4 is 10.3 Å². The summed E-state index contributed by atoms with van der Waals surface area (Å²) in [7, 11) is 4.65. The van der Waals surface area contributed by atoms with Gasteiger partial charge in [0.15, 0.2) is 0 Å². The van der Waals surface area contributed by atoms with Gasteiger partial charge in [-0.3, -0.25) is 19.5 Å². The van der Waals surface area contributed by atoms with Gasteiger partial charge in [0, 0.05) is 43.3 Å². The van der Waals surface area contributed by atoms with Crippen LogP contribution in [0.3, 0.4) is 0 Å². The van der Waals surface area contributed by atoms with Crippen LogP contribution >= 0.6 is 0 Å². The maximum absolute atomic E-state index is 14.9. The van der Waals surface area contributed by atoms with Crippen LogP contribution in [-0.4, -0.2) is 46.2 Å². The van der Waals surface area contributed by atoms with Crippen molar-refractivity contribution in [2.45, 2.75) is 6.54 Å². The van der Waals surface area contributed by atoms with Crippen LogP contribution in [0.1, 0.15) is 5.56 Å². The van der Waals surface area contributed by atoms with Crippen molar-refractivity contribution in [2.24, 2.45) is 7.05 Å². The Hall–Kier alpha value is -3.26. The summed E-state index contributed by atoms with van der Waals surface area (Å²) in [5, 5.41) is 10.00. The first-order valence-corrected chi connectivity index (χ1v) is 8.52. The van der Waals surface area contributed by atoms with Crippen molar-refractivity contribution in [3.8, 4) is 16.9 Å². The molecular formula is C20H20FN3O4. The van der Waals surface area contributed by atoms with Crippen molar-refractivity contribution >= 4 is 16.7 Å². The molecule has 0 radical (unpaired) electrons. The summed E-state index contributed by atoms with van der Waals surface area (Å²) in [5.41, 5.74) is 1.30. The molecule has 0 aliphatic heterocycles. The Morgan fingerprint density at radius 3 is 2.79 bits per heavy atom. The van der Waals surface area contributed by atoms with E-state index in [1.54, 1.807) is 38.6 Å². The number of ether oxygens (including phenoxy) is 1. The molecule has 2 heterocycles. The van der Waals surface area contributed by atoms with Crippen LogP contribution in [0, 0.1) is 5.82 Å². The van der Waals surface area contributed by atoms with E-state index in [1.807, 2.05) is 0 Å². The average Bonchev–Trinajstić information content (AvgIpc) is 2.65. The third-order valence-corrected chi connectivity index (χ3v) is 4.50. The van der Waals surface area contributed by atoms with E-state index in [4.69, 9.17) is 9.84 Å². The number of aryl methyl sites for hydroxylation is 1.